The first kappa shape index (κ1) is 20.1. The van der Waals surface area contributed by atoms with Crippen LogP contribution in [0, 0.1) is 18.5 Å². The summed E-state index contributed by atoms with van der Waals surface area (Å²) >= 11 is 4.40. The lowest BCUT2D eigenvalue weighted by Gasteiger charge is -2.20. The SMILES string of the molecule is N#CC1=c2oc(=O)/c(=C\c3ccccc3I)n2-c2oc(N)nc2[C@H]1c1ccccc1I. The summed E-state index contributed by atoms with van der Waals surface area (Å²) in [7, 11) is 0. The number of hydrogen-bond donors (Lipinski definition) is 1. The van der Waals surface area contributed by atoms with Crippen molar-refractivity contribution >= 4 is 62.8 Å². The fourth-order valence-corrected chi connectivity index (χ4v) is 4.94. The highest BCUT2D eigenvalue weighted by Crippen LogP contribution is 2.39. The number of oxazole rings is 2. The highest BCUT2D eigenvalue weighted by molar-refractivity contribution is 14.1. The minimum Gasteiger partial charge on any atom is -0.406 e. The molecule has 0 saturated carbocycles. The Labute approximate surface area is 202 Å². The third kappa shape index (κ3) is 3.21. The van der Waals surface area contributed by atoms with Crippen molar-refractivity contribution in [2.24, 2.45) is 0 Å². The lowest BCUT2D eigenvalue weighted by molar-refractivity contribution is 0.455. The first-order valence-corrected chi connectivity index (χ1v) is 11.3. The van der Waals surface area contributed by atoms with Gasteiger partial charge in [-0.3, -0.25) is 0 Å². The Morgan fingerprint density at radius 1 is 1.10 bits per heavy atom. The normalized spacial score (nSPS) is 15.5. The molecule has 0 bridgehead atoms. The summed E-state index contributed by atoms with van der Waals surface area (Å²) in [6.45, 7) is 0. The van der Waals surface area contributed by atoms with E-state index in [0.29, 0.717) is 5.69 Å². The molecule has 5 rings (SSSR count). The van der Waals surface area contributed by atoms with Crippen LogP contribution in [0.5, 0.6) is 0 Å². The molecule has 0 amide bonds. The fourth-order valence-electron chi connectivity index (χ4n) is 3.70. The highest BCUT2D eigenvalue weighted by Gasteiger charge is 2.36. The van der Waals surface area contributed by atoms with Gasteiger partial charge in [0.05, 0.1) is 5.92 Å². The number of rotatable bonds is 2. The Bertz CT molecular complexity index is 1570. The van der Waals surface area contributed by atoms with Crippen molar-refractivity contribution < 1.29 is 8.83 Å². The van der Waals surface area contributed by atoms with Gasteiger partial charge in [0.2, 0.25) is 11.4 Å². The number of nitriles is 1. The van der Waals surface area contributed by atoms with Gasteiger partial charge in [-0.05, 0) is 74.5 Å². The molecule has 7 nitrogen and oxygen atoms in total. The average molecular weight is 634 g/mol. The molecule has 0 spiro atoms. The maximum atomic E-state index is 12.9. The summed E-state index contributed by atoms with van der Waals surface area (Å²) in [5, 5.41) is 10.3. The molecule has 2 aromatic carbocycles. The number of benzene rings is 2. The van der Waals surface area contributed by atoms with Crippen LogP contribution in [0.2, 0.25) is 0 Å². The Kier molecular flexibility index (Phi) is 4.98. The predicted molar refractivity (Wildman–Crippen MR) is 131 cm³/mol. The summed E-state index contributed by atoms with van der Waals surface area (Å²) in [5.41, 5.74) is 7.88. The Hall–Kier alpha value is -2.85. The van der Waals surface area contributed by atoms with Crippen molar-refractivity contribution in [3.05, 3.63) is 93.8 Å². The van der Waals surface area contributed by atoms with E-state index in [0.717, 1.165) is 18.3 Å². The number of anilines is 1. The first-order chi connectivity index (χ1) is 15.0. The molecule has 1 aliphatic heterocycles. The molecule has 152 valence electrons. The first-order valence-electron chi connectivity index (χ1n) is 9.13. The van der Waals surface area contributed by atoms with Crippen LogP contribution in [-0.4, -0.2) is 9.55 Å². The second-order valence-electron chi connectivity index (χ2n) is 6.80. The Balaban J connectivity index is 1.92. The molecule has 2 N–H and O–H groups in total. The summed E-state index contributed by atoms with van der Waals surface area (Å²) < 4.78 is 14.7. The molecule has 0 fully saturated rings. The number of halogens is 2. The van der Waals surface area contributed by atoms with Gasteiger partial charge >= 0.3 is 5.63 Å². The van der Waals surface area contributed by atoms with Gasteiger partial charge in [0.1, 0.15) is 22.7 Å². The van der Waals surface area contributed by atoms with Crippen LogP contribution in [0.4, 0.5) is 6.01 Å². The van der Waals surface area contributed by atoms with Crippen LogP contribution < -0.4 is 22.3 Å². The molecule has 31 heavy (non-hydrogen) atoms. The van der Waals surface area contributed by atoms with Gasteiger partial charge in [0, 0.05) is 7.14 Å². The molecule has 2 aromatic heterocycles. The minimum atomic E-state index is -0.577. The van der Waals surface area contributed by atoms with Gasteiger partial charge in [0.15, 0.2) is 0 Å². The summed E-state index contributed by atoms with van der Waals surface area (Å²) in [6, 6.07) is 17.4. The van der Waals surface area contributed by atoms with E-state index >= 15 is 0 Å². The monoisotopic (exact) mass is 634 g/mol. The van der Waals surface area contributed by atoms with E-state index in [2.05, 4.69) is 56.2 Å². The molecule has 0 radical (unpaired) electrons. The van der Waals surface area contributed by atoms with E-state index in [1.54, 1.807) is 6.08 Å². The lowest BCUT2D eigenvalue weighted by Crippen LogP contribution is -2.35. The van der Waals surface area contributed by atoms with Gasteiger partial charge in [-0.15, -0.1) is 0 Å². The highest BCUT2D eigenvalue weighted by atomic mass is 127. The standard InChI is InChI=1S/C22H12I2N4O3/c23-14-7-3-1-5-11(14)9-16-21(29)30-19-13(10-25)17(12-6-2-4-8-15(12)24)18-20(28(16)19)31-22(26)27-18/h1-9,17H,(H2,26,27)/b16-9+/t17-/m0/s1. The van der Waals surface area contributed by atoms with E-state index in [1.807, 2.05) is 48.5 Å². The van der Waals surface area contributed by atoms with Crippen LogP contribution in [0.15, 0.2) is 62.2 Å². The Morgan fingerprint density at radius 3 is 2.52 bits per heavy atom. The molecule has 1 aliphatic rings. The summed E-state index contributed by atoms with van der Waals surface area (Å²) in [6.07, 6.45) is 1.71. The second-order valence-corrected chi connectivity index (χ2v) is 9.13. The van der Waals surface area contributed by atoms with E-state index in [-0.39, 0.29) is 28.4 Å². The number of nitrogens with zero attached hydrogens (tertiary/aromatic N) is 3. The van der Waals surface area contributed by atoms with Crippen molar-refractivity contribution in [3.8, 4) is 12.0 Å². The van der Waals surface area contributed by atoms with Gasteiger partial charge < -0.3 is 14.6 Å². The molecule has 3 heterocycles. The van der Waals surface area contributed by atoms with Crippen LogP contribution in [0.3, 0.4) is 0 Å². The molecule has 0 unspecified atom stereocenters. The molecular weight excluding hydrogens is 622 g/mol. The smallest absolute Gasteiger partial charge is 0.362 e. The van der Waals surface area contributed by atoms with E-state index < -0.39 is 11.5 Å². The van der Waals surface area contributed by atoms with E-state index in [1.165, 1.54) is 4.57 Å². The largest absolute Gasteiger partial charge is 0.406 e. The minimum absolute atomic E-state index is 0.0486. The van der Waals surface area contributed by atoms with Crippen LogP contribution in [-0.2, 0) is 0 Å². The predicted octanol–water partition coefficient (Wildman–Crippen LogP) is 2.86. The van der Waals surface area contributed by atoms with Crippen LogP contribution in [0.1, 0.15) is 22.7 Å². The van der Waals surface area contributed by atoms with Gasteiger partial charge in [-0.2, -0.15) is 10.2 Å². The number of nitrogen functional groups attached to an aromatic ring is 1. The molecule has 1 atom stereocenters. The van der Waals surface area contributed by atoms with Crippen molar-refractivity contribution in [2.75, 3.05) is 5.73 Å². The van der Waals surface area contributed by atoms with E-state index in [4.69, 9.17) is 14.6 Å². The third-order valence-corrected chi connectivity index (χ3v) is 6.99. The quantitative estimate of drug-likeness (QED) is 0.340. The zero-order chi connectivity index (χ0) is 21.7. The number of fused-ring (bicyclic) bond motifs is 3. The van der Waals surface area contributed by atoms with Crippen molar-refractivity contribution in [1.82, 2.24) is 9.55 Å². The topological polar surface area (TPSA) is 111 Å². The van der Waals surface area contributed by atoms with Crippen LogP contribution >= 0.6 is 45.2 Å². The zero-order valence-corrected chi connectivity index (χ0v) is 20.0. The molecular formula is C22H12I2N4O3. The maximum Gasteiger partial charge on any atom is 0.362 e. The Morgan fingerprint density at radius 2 is 1.81 bits per heavy atom. The average Bonchev–Trinajstić information content (AvgIpc) is 3.28. The van der Waals surface area contributed by atoms with Gasteiger partial charge in [-0.25, -0.2) is 9.36 Å². The summed E-state index contributed by atoms with van der Waals surface area (Å²) in [4.78, 5) is 17.2. The van der Waals surface area contributed by atoms with Crippen molar-refractivity contribution in [1.29, 1.82) is 5.26 Å². The number of aromatic nitrogens is 2. The van der Waals surface area contributed by atoms with Crippen LogP contribution in [0.25, 0.3) is 17.5 Å². The fraction of sp³-hybridized carbons (Fsp3) is 0.0455. The van der Waals surface area contributed by atoms with Crippen molar-refractivity contribution in [2.45, 2.75) is 5.92 Å². The molecule has 0 saturated heterocycles. The summed E-state index contributed by atoms with van der Waals surface area (Å²) in [5.74, 6) is -0.288. The van der Waals surface area contributed by atoms with Gasteiger partial charge in [-0.1, -0.05) is 36.4 Å². The molecule has 4 aromatic rings. The van der Waals surface area contributed by atoms with E-state index in [9.17, 15) is 10.1 Å². The lowest BCUT2D eigenvalue weighted by atomic mass is 9.88. The maximum absolute atomic E-state index is 12.9. The van der Waals surface area contributed by atoms with Crippen molar-refractivity contribution in [3.63, 3.8) is 0 Å². The zero-order valence-electron chi connectivity index (χ0n) is 15.7. The molecule has 9 heteroatoms. The second kappa shape index (κ2) is 7.69. The number of nitrogens with two attached hydrogens (primary N) is 1. The van der Waals surface area contributed by atoms with Gasteiger partial charge in [0.25, 0.3) is 6.01 Å². The number of hydrogen-bond acceptors (Lipinski definition) is 6. The molecule has 0 aliphatic carbocycles. The third-order valence-electron chi connectivity index (χ3n) is 5.02.